The summed E-state index contributed by atoms with van der Waals surface area (Å²) in [5.41, 5.74) is 0.350. The second-order valence-electron chi connectivity index (χ2n) is 3.93. The van der Waals surface area contributed by atoms with Crippen molar-refractivity contribution in [3.63, 3.8) is 0 Å². The summed E-state index contributed by atoms with van der Waals surface area (Å²) in [4.78, 5) is 5.22. The third kappa shape index (κ3) is 3.11. The van der Waals surface area contributed by atoms with Crippen molar-refractivity contribution in [3.8, 4) is 10.6 Å². The van der Waals surface area contributed by atoms with Crippen molar-refractivity contribution in [1.82, 2.24) is 10.3 Å². The highest BCUT2D eigenvalue weighted by atomic mass is 32.1. The number of rotatable bonds is 5. The van der Waals surface area contributed by atoms with Gasteiger partial charge in [0.2, 0.25) is 0 Å². The molecule has 0 aliphatic carbocycles. The minimum atomic E-state index is -0.572. The van der Waals surface area contributed by atoms with E-state index in [0.717, 1.165) is 30.5 Å². The van der Waals surface area contributed by atoms with E-state index in [1.54, 1.807) is 6.20 Å². The zero-order chi connectivity index (χ0) is 13.0. The molecule has 0 saturated heterocycles. The molecular formula is C13H14F2N2S. The van der Waals surface area contributed by atoms with Crippen LogP contribution < -0.4 is 5.32 Å². The number of halogens is 2. The van der Waals surface area contributed by atoms with Crippen LogP contribution in [0.15, 0.2) is 24.4 Å². The number of thiazole rings is 1. The molecule has 1 N–H and O–H groups in total. The molecule has 0 amide bonds. The standard InChI is InChI=1S/C13H14F2N2S/c1-2-5-16-7-10-8-17-13(18-10)11-4-3-9(14)6-12(11)15/h3-4,6,8,16H,2,5,7H2,1H3. The van der Waals surface area contributed by atoms with Crippen LogP contribution >= 0.6 is 11.3 Å². The molecule has 0 bridgehead atoms. The molecule has 0 radical (unpaired) electrons. The Morgan fingerprint density at radius 3 is 2.89 bits per heavy atom. The topological polar surface area (TPSA) is 24.9 Å². The van der Waals surface area contributed by atoms with E-state index < -0.39 is 11.6 Å². The van der Waals surface area contributed by atoms with Crippen molar-refractivity contribution >= 4 is 11.3 Å². The lowest BCUT2D eigenvalue weighted by Crippen LogP contribution is -2.12. The summed E-state index contributed by atoms with van der Waals surface area (Å²) in [5, 5.41) is 3.84. The van der Waals surface area contributed by atoms with Crippen LogP contribution in [-0.4, -0.2) is 11.5 Å². The van der Waals surface area contributed by atoms with Gasteiger partial charge < -0.3 is 5.32 Å². The van der Waals surface area contributed by atoms with Gasteiger partial charge in [-0.15, -0.1) is 11.3 Å². The fourth-order valence-electron chi connectivity index (χ4n) is 1.57. The first kappa shape index (κ1) is 13.1. The fourth-order valence-corrected chi connectivity index (χ4v) is 2.47. The summed E-state index contributed by atoms with van der Waals surface area (Å²) in [5.74, 6) is -1.14. The zero-order valence-electron chi connectivity index (χ0n) is 10.0. The maximum absolute atomic E-state index is 13.6. The molecule has 96 valence electrons. The second kappa shape index (κ2) is 6.02. The van der Waals surface area contributed by atoms with Gasteiger partial charge in [0.05, 0.1) is 0 Å². The molecule has 2 nitrogen and oxygen atoms in total. The average Bonchev–Trinajstić information content (AvgIpc) is 2.78. The third-order valence-electron chi connectivity index (χ3n) is 2.44. The van der Waals surface area contributed by atoms with Crippen molar-refractivity contribution in [2.45, 2.75) is 19.9 Å². The van der Waals surface area contributed by atoms with Crippen LogP contribution in [0.25, 0.3) is 10.6 Å². The SMILES string of the molecule is CCCNCc1cnc(-c2ccc(F)cc2F)s1. The van der Waals surface area contributed by atoms with Gasteiger partial charge in [-0.2, -0.15) is 0 Å². The molecule has 5 heteroatoms. The Balaban J connectivity index is 2.13. The van der Waals surface area contributed by atoms with Gasteiger partial charge in [0.1, 0.15) is 16.6 Å². The molecule has 0 aliphatic heterocycles. The van der Waals surface area contributed by atoms with E-state index >= 15 is 0 Å². The monoisotopic (exact) mass is 268 g/mol. The lowest BCUT2D eigenvalue weighted by molar-refractivity contribution is 0.585. The third-order valence-corrected chi connectivity index (χ3v) is 3.47. The molecule has 0 aliphatic rings. The van der Waals surface area contributed by atoms with Crippen molar-refractivity contribution in [3.05, 3.63) is 40.9 Å². The largest absolute Gasteiger partial charge is 0.312 e. The molecular weight excluding hydrogens is 254 g/mol. The van der Waals surface area contributed by atoms with Crippen molar-refractivity contribution in [2.75, 3.05) is 6.54 Å². The van der Waals surface area contributed by atoms with Gasteiger partial charge in [-0.3, -0.25) is 0 Å². The van der Waals surface area contributed by atoms with Gasteiger partial charge in [-0.25, -0.2) is 13.8 Å². The predicted molar refractivity (Wildman–Crippen MR) is 69.5 cm³/mol. The first-order chi connectivity index (χ1) is 8.70. The molecule has 1 aromatic carbocycles. The van der Waals surface area contributed by atoms with E-state index in [0.29, 0.717) is 10.6 Å². The van der Waals surface area contributed by atoms with Crippen LogP contribution in [0.4, 0.5) is 8.78 Å². The molecule has 1 heterocycles. The van der Waals surface area contributed by atoms with Gasteiger partial charge in [0, 0.05) is 29.2 Å². The summed E-state index contributed by atoms with van der Waals surface area (Å²) < 4.78 is 26.4. The summed E-state index contributed by atoms with van der Waals surface area (Å²) in [6.07, 6.45) is 2.80. The molecule has 1 aromatic heterocycles. The smallest absolute Gasteiger partial charge is 0.136 e. The lowest BCUT2D eigenvalue weighted by atomic mass is 10.2. The maximum atomic E-state index is 13.6. The molecule has 2 aromatic rings. The van der Waals surface area contributed by atoms with E-state index in [1.807, 2.05) is 0 Å². The Hall–Kier alpha value is -1.33. The molecule has 0 atom stereocenters. The Kier molecular flexibility index (Phi) is 4.38. The fraction of sp³-hybridized carbons (Fsp3) is 0.308. The maximum Gasteiger partial charge on any atom is 0.136 e. The number of hydrogen-bond donors (Lipinski definition) is 1. The Bertz CT molecular complexity index is 525. The van der Waals surface area contributed by atoms with Gasteiger partial charge in [0.15, 0.2) is 0 Å². The van der Waals surface area contributed by atoms with Crippen molar-refractivity contribution < 1.29 is 8.78 Å². The lowest BCUT2D eigenvalue weighted by Gasteiger charge is -1.99. The zero-order valence-corrected chi connectivity index (χ0v) is 10.9. The van der Waals surface area contributed by atoms with Crippen LogP contribution in [0.2, 0.25) is 0 Å². The van der Waals surface area contributed by atoms with Crippen molar-refractivity contribution in [2.24, 2.45) is 0 Å². The Morgan fingerprint density at radius 2 is 2.17 bits per heavy atom. The molecule has 18 heavy (non-hydrogen) atoms. The quantitative estimate of drug-likeness (QED) is 0.838. The number of aromatic nitrogens is 1. The van der Waals surface area contributed by atoms with Gasteiger partial charge >= 0.3 is 0 Å². The summed E-state index contributed by atoms with van der Waals surface area (Å²) >= 11 is 1.42. The van der Waals surface area contributed by atoms with Crippen LogP contribution in [0.5, 0.6) is 0 Å². The average molecular weight is 268 g/mol. The predicted octanol–water partition coefficient (Wildman–Crippen LogP) is 3.59. The van der Waals surface area contributed by atoms with Gasteiger partial charge in [0.25, 0.3) is 0 Å². The summed E-state index contributed by atoms with van der Waals surface area (Å²) in [7, 11) is 0. The number of hydrogen-bond acceptors (Lipinski definition) is 3. The number of nitrogens with one attached hydrogen (secondary N) is 1. The molecule has 2 rings (SSSR count). The minimum Gasteiger partial charge on any atom is -0.312 e. The van der Waals surface area contributed by atoms with Crippen LogP contribution in [-0.2, 0) is 6.54 Å². The molecule has 0 unspecified atom stereocenters. The molecule has 0 saturated carbocycles. The highest BCUT2D eigenvalue weighted by Crippen LogP contribution is 2.27. The minimum absolute atomic E-state index is 0.350. The van der Waals surface area contributed by atoms with Crippen molar-refractivity contribution in [1.29, 1.82) is 0 Å². The van der Waals surface area contributed by atoms with E-state index in [-0.39, 0.29) is 0 Å². The van der Waals surface area contributed by atoms with Gasteiger partial charge in [-0.05, 0) is 25.1 Å². The highest BCUT2D eigenvalue weighted by Gasteiger charge is 2.10. The van der Waals surface area contributed by atoms with Crippen LogP contribution in [0, 0.1) is 11.6 Å². The van der Waals surface area contributed by atoms with E-state index in [2.05, 4.69) is 17.2 Å². The normalized spacial score (nSPS) is 10.8. The van der Waals surface area contributed by atoms with Gasteiger partial charge in [-0.1, -0.05) is 6.92 Å². The Morgan fingerprint density at radius 1 is 1.33 bits per heavy atom. The van der Waals surface area contributed by atoms with E-state index in [9.17, 15) is 8.78 Å². The second-order valence-corrected chi connectivity index (χ2v) is 5.05. The number of benzene rings is 1. The van der Waals surface area contributed by atoms with E-state index in [1.165, 1.54) is 23.5 Å². The van der Waals surface area contributed by atoms with E-state index in [4.69, 9.17) is 0 Å². The molecule has 0 spiro atoms. The molecule has 0 fully saturated rings. The summed E-state index contributed by atoms with van der Waals surface area (Å²) in [6, 6.07) is 3.55. The first-order valence-electron chi connectivity index (χ1n) is 5.81. The highest BCUT2D eigenvalue weighted by molar-refractivity contribution is 7.15. The van der Waals surface area contributed by atoms with Crippen LogP contribution in [0.1, 0.15) is 18.2 Å². The van der Waals surface area contributed by atoms with Crippen LogP contribution in [0.3, 0.4) is 0 Å². The summed E-state index contributed by atoms with van der Waals surface area (Å²) in [6.45, 7) is 3.77. The number of nitrogens with zero attached hydrogens (tertiary/aromatic N) is 1. The Labute approximate surface area is 109 Å². The first-order valence-corrected chi connectivity index (χ1v) is 6.63.